The van der Waals surface area contributed by atoms with Crippen LogP contribution in [0.2, 0.25) is 0 Å². The largest absolute Gasteiger partial charge is 0.481 e. The predicted molar refractivity (Wildman–Crippen MR) is 117 cm³/mol. The number of hydrogen-bond donors (Lipinski definition) is 2. The lowest BCUT2D eigenvalue weighted by Crippen LogP contribution is -2.13. The summed E-state index contributed by atoms with van der Waals surface area (Å²) in [6, 6.07) is 14.0. The molecule has 1 unspecified atom stereocenters. The van der Waals surface area contributed by atoms with Gasteiger partial charge in [0.2, 0.25) is 0 Å². The lowest BCUT2D eigenvalue weighted by atomic mass is 9.96. The maximum Gasteiger partial charge on any atom is 0.304 e. The summed E-state index contributed by atoms with van der Waals surface area (Å²) < 4.78 is 1.82. The molecular weight excluding hydrogens is 376 g/mol. The van der Waals surface area contributed by atoms with Crippen LogP contribution in [0.3, 0.4) is 0 Å². The van der Waals surface area contributed by atoms with Crippen LogP contribution in [0.15, 0.2) is 60.9 Å². The molecule has 0 radical (unpaired) electrons. The van der Waals surface area contributed by atoms with E-state index in [4.69, 9.17) is 4.98 Å². The van der Waals surface area contributed by atoms with Gasteiger partial charge in [-0.05, 0) is 30.0 Å². The number of benzene rings is 1. The van der Waals surface area contributed by atoms with Crippen molar-refractivity contribution in [3.05, 3.63) is 83.3 Å². The highest BCUT2D eigenvalue weighted by Crippen LogP contribution is 2.22. The predicted octanol–water partition coefficient (Wildman–Crippen LogP) is 4.15. The molecule has 6 heteroatoms. The number of pyridine rings is 1. The van der Waals surface area contributed by atoms with E-state index >= 15 is 0 Å². The molecule has 4 rings (SSSR count). The van der Waals surface area contributed by atoms with E-state index in [1.54, 1.807) is 6.20 Å². The fourth-order valence-corrected chi connectivity index (χ4v) is 3.81. The number of hydrogen-bond acceptors (Lipinski definition) is 4. The Hall–Kier alpha value is -3.41. The highest BCUT2D eigenvalue weighted by molar-refractivity contribution is 5.68. The summed E-state index contributed by atoms with van der Waals surface area (Å²) >= 11 is 0. The number of anilines is 1. The minimum Gasteiger partial charge on any atom is -0.481 e. The smallest absolute Gasteiger partial charge is 0.304 e. The Morgan fingerprint density at radius 1 is 1.23 bits per heavy atom. The first kappa shape index (κ1) is 19.9. The van der Waals surface area contributed by atoms with Gasteiger partial charge in [0.05, 0.1) is 12.6 Å². The Labute approximate surface area is 176 Å². The maximum absolute atomic E-state index is 11.3. The molecule has 3 heterocycles. The molecule has 0 saturated carbocycles. The summed E-state index contributed by atoms with van der Waals surface area (Å²) in [5.41, 5.74) is 4.34. The molecule has 1 aliphatic heterocycles. The molecule has 154 valence electrons. The third kappa shape index (κ3) is 5.14. The first-order chi connectivity index (χ1) is 14.7. The van der Waals surface area contributed by atoms with Gasteiger partial charge in [-0.15, -0.1) is 0 Å². The van der Waals surface area contributed by atoms with E-state index in [1.807, 2.05) is 47.3 Å². The molecule has 0 spiro atoms. The summed E-state index contributed by atoms with van der Waals surface area (Å²) in [5, 5.41) is 17.1. The number of carboxylic acid groups (broad SMARTS) is 1. The van der Waals surface area contributed by atoms with Gasteiger partial charge in [-0.1, -0.05) is 48.6 Å². The third-order valence-corrected chi connectivity index (χ3v) is 5.34. The van der Waals surface area contributed by atoms with E-state index in [2.05, 4.69) is 28.6 Å². The first-order valence-corrected chi connectivity index (χ1v) is 10.4. The van der Waals surface area contributed by atoms with Crippen molar-refractivity contribution in [2.24, 2.45) is 0 Å². The van der Waals surface area contributed by atoms with E-state index in [-0.39, 0.29) is 12.3 Å². The standard InChI is InChI=1S/C24H26N4O2/c29-23(30)14-21(19-7-2-1-3-8-19)17-28-16-18(15-26-28)6-4-10-22-12-11-20-9-5-13-25-24(20)27-22/h1-4,6-8,11-12,15-16,21H,5,9-10,13-14,17H2,(H,25,27)(H,29,30). The number of allylic oxidation sites excluding steroid dienone is 1. The summed E-state index contributed by atoms with van der Waals surface area (Å²) in [5.74, 6) is 0.0983. The monoisotopic (exact) mass is 402 g/mol. The Morgan fingerprint density at radius 2 is 2.10 bits per heavy atom. The van der Waals surface area contributed by atoms with Crippen molar-refractivity contribution in [2.45, 2.75) is 38.1 Å². The number of aliphatic carboxylic acids is 1. The fourth-order valence-electron chi connectivity index (χ4n) is 3.81. The van der Waals surface area contributed by atoms with Crippen molar-refractivity contribution in [3.8, 4) is 0 Å². The van der Waals surface area contributed by atoms with Crippen LogP contribution in [0.4, 0.5) is 5.82 Å². The maximum atomic E-state index is 11.3. The molecule has 3 aromatic rings. The minimum absolute atomic E-state index is 0.0765. The Morgan fingerprint density at radius 3 is 2.93 bits per heavy atom. The zero-order chi connectivity index (χ0) is 20.8. The van der Waals surface area contributed by atoms with Crippen molar-refractivity contribution >= 4 is 17.9 Å². The van der Waals surface area contributed by atoms with Gasteiger partial charge < -0.3 is 10.4 Å². The van der Waals surface area contributed by atoms with Gasteiger partial charge in [-0.2, -0.15) is 5.10 Å². The summed E-state index contributed by atoms with van der Waals surface area (Å²) in [4.78, 5) is 16.0. The molecule has 30 heavy (non-hydrogen) atoms. The number of nitrogens with one attached hydrogen (secondary N) is 1. The number of aryl methyl sites for hydroxylation is 1. The van der Waals surface area contributed by atoms with Gasteiger partial charge >= 0.3 is 5.97 Å². The number of carbonyl (C=O) groups is 1. The number of carboxylic acids is 1. The third-order valence-electron chi connectivity index (χ3n) is 5.34. The minimum atomic E-state index is -0.803. The van der Waals surface area contributed by atoms with Crippen LogP contribution in [-0.4, -0.2) is 32.4 Å². The van der Waals surface area contributed by atoms with Gasteiger partial charge in [-0.3, -0.25) is 9.48 Å². The molecule has 0 aliphatic carbocycles. The van der Waals surface area contributed by atoms with Crippen LogP contribution in [0, 0.1) is 0 Å². The highest BCUT2D eigenvalue weighted by Gasteiger charge is 2.16. The van der Waals surface area contributed by atoms with E-state index in [0.717, 1.165) is 48.4 Å². The normalized spacial score (nSPS) is 14.3. The number of rotatable bonds is 8. The number of nitrogens with zero attached hydrogens (tertiary/aromatic N) is 3. The zero-order valence-electron chi connectivity index (χ0n) is 16.9. The Kier molecular flexibility index (Phi) is 6.23. The first-order valence-electron chi connectivity index (χ1n) is 10.4. The molecule has 0 saturated heterocycles. The van der Waals surface area contributed by atoms with Gasteiger partial charge in [-0.25, -0.2) is 4.98 Å². The molecular formula is C24H26N4O2. The van der Waals surface area contributed by atoms with Crippen LogP contribution in [-0.2, 0) is 24.2 Å². The molecule has 2 N–H and O–H groups in total. The lowest BCUT2D eigenvalue weighted by molar-refractivity contribution is -0.137. The highest BCUT2D eigenvalue weighted by atomic mass is 16.4. The molecule has 6 nitrogen and oxygen atoms in total. The summed E-state index contributed by atoms with van der Waals surface area (Å²) in [7, 11) is 0. The quantitative estimate of drug-likeness (QED) is 0.592. The van der Waals surface area contributed by atoms with Crippen LogP contribution in [0.25, 0.3) is 6.08 Å². The second-order valence-corrected chi connectivity index (χ2v) is 7.65. The van der Waals surface area contributed by atoms with E-state index in [9.17, 15) is 9.90 Å². The Bertz CT molecular complexity index is 1030. The molecule has 2 aromatic heterocycles. The van der Waals surface area contributed by atoms with Crippen molar-refractivity contribution < 1.29 is 9.90 Å². The van der Waals surface area contributed by atoms with E-state index < -0.39 is 5.97 Å². The van der Waals surface area contributed by atoms with Gasteiger partial charge in [0.25, 0.3) is 0 Å². The van der Waals surface area contributed by atoms with Crippen LogP contribution in [0.5, 0.6) is 0 Å². The van der Waals surface area contributed by atoms with Crippen LogP contribution >= 0.6 is 0 Å². The van der Waals surface area contributed by atoms with Crippen molar-refractivity contribution in [1.29, 1.82) is 0 Å². The average molecular weight is 402 g/mol. The number of fused-ring (bicyclic) bond motifs is 1. The lowest BCUT2D eigenvalue weighted by Gasteiger charge is -2.17. The van der Waals surface area contributed by atoms with Gasteiger partial charge in [0, 0.05) is 42.9 Å². The van der Waals surface area contributed by atoms with E-state index in [0.29, 0.717) is 6.54 Å². The van der Waals surface area contributed by atoms with Crippen molar-refractivity contribution in [2.75, 3.05) is 11.9 Å². The zero-order valence-corrected chi connectivity index (χ0v) is 16.9. The molecule has 1 atom stereocenters. The van der Waals surface area contributed by atoms with Crippen molar-refractivity contribution in [1.82, 2.24) is 14.8 Å². The topological polar surface area (TPSA) is 80.0 Å². The second kappa shape index (κ2) is 9.39. The summed E-state index contributed by atoms with van der Waals surface area (Å²) in [6.45, 7) is 1.52. The molecule has 1 aliphatic rings. The van der Waals surface area contributed by atoms with Crippen molar-refractivity contribution in [3.63, 3.8) is 0 Å². The fraction of sp³-hybridized carbons (Fsp3) is 0.292. The van der Waals surface area contributed by atoms with Crippen LogP contribution < -0.4 is 5.32 Å². The average Bonchev–Trinajstić information content (AvgIpc) is 3.21. The van der Waals surface area contributed by atoms with E-state index in [1.165, 1.54) is 5.56 Å². The summed E-state index contributed by atoms with van der Waals surface area (Å²) in [6.07, 6.45) is 11.0. The second-order valence-electron chi connectivity index (χ2n) is 7.65. The van der Waals surface area contributed by atoms with Gasteiger partial charge in [0.1, 0.15) is 5.82 Å². The SMILES string of the molecule is O=C(O)CC(Cn1cc(C=CCc2ccc3c(n2)NCCC3)cn1)c1ccccc1. The molecule has 0 fully saturated rings. The Balaban J connectivity index is 1.39. The van der Waals surface area contributed by atoms with Gasteiger partial charge in [0.15, 0.2) is 0 Å². The molecule has 0 amide bonds. The number of aromatic nitrogens is 3. The molecule has 1 aromatic carbocycles. The molecule has 0 bridgehead atoms. The van der Waals surface area contributed by atoms with Crippen LogP contribution in [0.1, 0.15) is 41.1 Å².